The summed E-state index contributed by atoms with van der Waals surface area (Å²) in [5.74, 6) is 0.303. The summed E-state index contributed by atoms with van der Waals surface area (Å²) in [4.78, 5) is 12.6. The lowest BCUT2D eigenvalue weighted by atomic mass is 10.1. The van der Waals surface area contributed by atoms with Crippen LogP contribution in [0.4, 0.5) is 0 Å². The molecular formula is C20H26N2O4S. The van der Waals surface area contributed by atoms with Gasteiger partial charge in [0.05, 0.1) is 12.0 Å². The first-order chi connectivity index (χ1) is 12.5. The molecule has 0 aromatic heterocycles. The number of nitrogens with one attached hydrogen (secondary N) is 1. The van der Waals surface area contributed by atoms with Crippen LogP contribution in [0.2, 0.25) is 0 Å². The fraction of sp³-hybridized carbons (Fsp3) is 0.350. The number of sulfonamides is 1. The van der Waals surface area contributed by atoms with E-state index in [1.165, 1.54) is 18.5 Å². The minimum atomic E-state index is -3.65. The largest absolute Gasteiger partial charge is 0.496 e. The van der Waals surface area contributed by atoms with Gasteiger partial charge in [0, 0.05) is 30.3 Å². The third kappa shape index (κ3) is 5.30. The fourth-order valence-electron chi connectivity index (χ4n) is 2.55. The third-order valence-corrected chi connectivity index (χ3v) is 5.69. The highest BCUT2D eigenvalue weighted by molar-refractivity contribution is 7.89. The topological polar surface area (TPSA) is 75.7 Å². The number of hydrogen-bond acceptors (Lipinski definition) is 4. The second-order valence-electron chi connectivity index (χ2n) is 7.30. The molecule has 0 saturated carbocycles. The highest BCUT2D eigenvalue weighted by Crippen LogP contribution is 2.24. The molecule has 0 fully saturated rings. The van der Waals surface area contributed by atoms with E-state index in [0.717, 1.165) is 0 Å². The van der Waals surface area contributed by atoms with Crippen molar-refractivity contribution in [3.63, 3.8) is 0 Å². The summed E-state index contributed by atoms with van der Waals surface area (Å²) in [5.41, 5.74) is 0.692. The molecule has 2 rings (SSSR count). The minimum Gasteiger partial charge on any atom is -0.496 e. The third-order valence-electron chi connectivity index (χ3n) is 3.88. The van der Waals surface area contributed by atoms with E-state index in [1.54, 1.807) is 48.5 Å². The van der Waals surface area contributed by atoms with E-state index in [0.29, 0.717) is 16.9 Å². The Morgan fingerprint density at radius 2 is 1.74 bits per heavy atom. The van der Waals surface area contributed by atoms with Crippen LogP contribution in [0.25, 0.3) is 0 Å². The SMILES string of the molecule is COc1ccc(C(=O)NC(C)(C)C)cc1CN(C)S(=O)(=O)c1ccccc1. The Balaban J connectivity index is 2.31. The van der Waals surface area contributed by atoms with Gasteiger partial charge in [-0.2, -0.15) is 4.31 Å². The Labute approximate surface area is 161 Å². The number of rotatable bonds is 6. The van der Waals surface area contributed by atoms with Crippen LogP contribution in [-0.2, 0) is 16.6 Å². The van der Waals surface area contributed by atoms with Crippen LogP contribution in [0.15, 0.2) is 53.4 Å². The van der Waals surface area contributed by atoms with Gasteiger partial charge < -0.3 is 10.1 Å². The average molecular weight is 391 g/mol. The van der Waals surface area contributed by atoms with Gasteiger partial charge in [0.1, 0.15) is 5.75 Å². The van der Waals surface area contributed by atoms with Gasteiger partial charge in [0.2, 0.25) is 10.0 Å². The molecule has 146 valence electrons. The van der Waals surface area contributed by atoms with Crippen LogP contribution in [0.3, 0.4) is 0 Å². The molecule has 0 aliphatic heterocycles. The second kappa shape index (κ2) is 8.10. The standard InChI is InChI=1S/C20H26N2O4S/c1-20(2,3)21-19(23)15-11-12-18(26-5)16(13-15)14-22(4)27(24,25)17-9-7-6-8-10-17/h6-13H,14H2,1-5H3,(H,21,23). The number of benzene rings is 2. The van der Waals surface area contributed by atoms with Gasteiger partial charge >= 0.3 is 0 Å². The summed E-state index contributed by atoms with van der Waals surface area (Å²) in [6.07, 6.45) is 0. The molecule has 2 aromatic rings. The number of ether oxygens (including phenoxy) is 1. The van der Waals surface area contributed by atoms with E-state index in [2.05, 4.69) is 5.32 Å². The number of nitrogens with zero attached hydrogens (tertiary/aromatic N) is 1. The second-order valence-corrected chi connectivity index (χ2v) is 9.35. The summed E-state index contributed by atoms with van der Waals surface area (Å²) in [6, 6.07) is 13.2. The molecule has 0 bridgehead atoms. The molecule has 0 unspecified atom stereocenters. The Bertz CT molecular complexity index is 903. The summed E-state index contributed by atoms with van der Waals surface area (Å²) in [6.45, 7) is 5.78. The molecule has 0 heterocycles. The Morgan fingerprint density at radius 1 is 1.11 bits per heavy atom. The van der Waals surface area contributed by atoms with Crippen LogP contribution < -0.4 is 10.1 Å². The fourth-order valence-corrected chi connectivity index (χ4v) is 3.72. The lowest BCUT2D eigenvalue weighted by Crippen LogP contribution is -2.40. The monoisotopic (exact) mass is 390 g/mol. The molecule has 1 amide bonds. The van der Waals surface area contributed by atoms with Gasteiger partial charge in [-0.25, -0.2) is 8.42 Å². The van der Waals surface area contributed by atoms with Crippen molar-refractivity contribution in [3.8, 4) is 5.75 Å². The predicted octanol–water partition coefficient (Wildman–Crippen LogP) is 3.04. The first-order valence-electron chi connectivity index (χ1n) is 8.55. The highest BCUT2D eigenvalue weighted by atomic mass is 32.2. The number of amides is 1. The number of hydrogen-bond donors (Lipinski definition) is 1. The first-order valence-corrected chi connectivity index (χ1v) is 9.99. The molecule has 27 heavy (non-hydrogen) atoms. The number of carbonyl (C=O) groups is 1. The summed E-state index contributed by atoms with van der Waals surface area (Å²) in [7, 11) is -0.630. The minimum absolute atomic E-state index is 0.0804. The highest BCUT2D eigenvalue weighted by Gasteiger charge is 2.23. The van der Waals surface area contributed by atoms with E-state index in [1.807, 2.05) is 20.8 Å². The molecule has 0 spiro atoms. The van der Waals surface area contributed by atoms with Gasteiger partial charge in [0.25, 0.3) is 5.91 Å². The molecule has 0 atom stereocenters. The van der Waals surface area contributed by atoms with Gasteiger partial charge in [-0.1, -0.05) is 18.2 Å². The molecule has 1 N–H and O–H groups in total. The number of carbonyl (C=O) groups excluding carboxylic acids is 1. The van der Waals surface area contributed by atoms with E-state index in [4.69, 9.17) is 4.74 Å². The molecule has 2 aromatic carbocycles. The van der Waals surface area contributed by atoms with Crippen molar-refractivity contribution >= 4 is 15.9 Å². The zero-order chi connectivity index (χ0) is 20.2. The lowest BCUT2D eigenvalue weighted by Gasteiger charge is -2.22. The van der Waals surface area contributed by atoms with Crippen LogP contribution in [0.1, 0.15) is 36.7 Å². The molecule has 0 saturated heterocycles. The molecule has 0 aliphatic carbocycles. The Morgan fingerprint density at radius 3 is 2.30 bits per heavy atom. The van der Waals surface area contributed by atoms with Crippen molar-refractivity contribution in [2.75, 3.05) is 14.2 Å². The van der Waals surface area contributed by atoms with E-state index >= 15 is 0 Å². The summed E-state index contributed by atoms with van der Waals surface area (Å²) < 4.78 is 32.1. The quantitative estimate of drug-likeness (QED) is 0.823. The van der Waals surface area contributed by atoms with Gasteiger partial charge in [-0.05, 0) is 51.1 Å². The van der Waals surface area contributed by atoms with Crippen LogP contribution in [0.5, 0.6) is 5.75 Å². The molecule has 0 aliphatic rings. The van der Waals surface area contributed by atoms with Crippen molar-refractivity contribution in [1.29, 1.82) is 0 Å². The Hall–Kier alpha value is -2.38. The maximum atomic E-state index is 12.7. The van der Waals surface area contributed by atoms with E-state index < -0.39 is 10.0 Å². The van der Waals surface area contributed by atoms with Crippen LogP contribution in [0, 0.1) is 0 Å². The van der Waals surface area contributed by atoms with Crippen molar-refractivity contribution in [3.05, 3.63) is 59.7 Å². The van der Waals surface area contributed by atoms with Gasteiger partial charge in [-0.3, -0.25) is 4.79 Å². The van der Waals surface area contributed by atoms with Crippen molar-refractivity contribution in [2.24, 2.45) is 0 Å². The smallest absolute Gasteiger partial charge is 0.251 e. The Kier molecular flexibility index (Phi) is 6.28. The predicted molar refractivity (Wildman–Crippen MR) is 105 cm³/mol. The van der Waals surface area contributed by atoms with Crippen molar-refractivity contribution < 1.29 is 17.9 Å². The molecule has 7 heteroatoms. The zero-order valence-corrected chi connectivity index (χ0v) is 17.1. The van der Waals surface area contributed by atoms with Crippen LogP contribution in [-0.4, -0.2) is 38.3 Å². The average Bonchev–Trinajstić information content (AvgIpc) is 2.60. The van der Waals surface area contributed by atoms with Crippen molar-refractivity contribution in [2.45, 2.75) is 37.8 Å². The molecule has 0 radical (unpaired) electrons. The molecule has 6 nitrogen and oxygen atoms in total. The zero-order valence-electron chi connectivity index (χ0n) is 16.3. The lowest BCUT2D eigenvalue weighted by molar-refractivity contribution is 0.0919. The normalized spacial score (nSPS) is 12.1. The van der Waals surface area contributed by atoms with Gasteiger partial charge in [0.15, 0.2) is 0 Å². The first kappa shape index (κ1) is 20.9. The maximum Gasteiger partial charge on any atom is 0.251 e. The van der Waals surface area contributed by atoms with Crippen molar-refractivity contribution in [1.82, 2.24) is 9.62 Å². The van der Waals surface area contributed by atoms with Gasteiger partial charge in [-0.15, -0.1) is 0 Å². The van der Waals surface area contributed by atoms with Crippen LogP contribution >= 0.6 is 0 Å². The summed E-state index contributed by atoms with van der Waals surface area (Å²) in [5, 5.41) is 2.90. The van der Waals surface area contributed by atoms with E-state index in [-0.39, 0.29) is 22.9 Å². The van der Waals surface area contributed by atoms with E-state index in [9.17, 15) is 13.2 Å². The maximum absolute atomic E-state index is 12.7. The number of methoxy groups -OCH3 is 1. The summed E-state index contributed by atoms with van der Waals surface area (Å²) >= 11 is 0. The molecular weight excluding hydrogens is 364 g/mol.